The number of nitrogens with zero attached hydrogens (tertiary/aromatic N) is 2. The zero-order chi connectivity index (χ0) is 12.0. The molecule has 0 aromatic carbocycles. The average Bonchev–Trinajstić information content (AvgIpc) is 3.03. The highest BCUT2D eigenvalue weighted by Crippen LogP contribution is 2.28. The first kappa shape index (κ1) is 13.8. The van der Waals surface area contributed by atoms with Gasteiger partial charge in [-0.2, -0.15) is 5.26 Å². The maximum atomic E-state index is 10.9. The highest BCUT2D eigenvalue weighted by molar-refractivity contribution is 8.04. The SMILES string of the molecule is CC(=O)N1CCC(SC#N)CC1.PC1CC1. The molecule has 16 heavy (non-hydrogen) atoms. The summed E-state index contributed by atoms with van der Waals surface area (Å²) in [5, 5.41) is 11.0. The summed E-state index contributed by atoms with van der Waals surface area (Å²) in [6.07, 6.45) is 4.81. The largest absolute Gasteiger partial charge is 0.343 e. The third-order valence-electron chi connectivity index (χ3n) is 2.73. The zero-order valence-electron chi connectivity index (χ0n) is 9.69. The normalized spacial score (nSPS) is 20.7. The smallest absolute Gasteiger partial charge is 0.219 e. The van der Waals surface area contributed by atoms with E-state index < -0.39 is 0 Å². The molecule has 1 heterocycles. The number of amides is 1. The summed E-state index contributed by atoms with van der Waals surface area (Å²) in [5.74, 6) is 0.149. The fourth-order valence-corrected chi connectivity index (χ4v) is 2.25. The second-order valence-electron chi connectivity index (χ2n) is 4.25. The maximum absolute atomic E-state index is 10.9. The van der Waals surface area contributed by atoms with Crippen molar-refractivity contribution in [2.24, 2.45) is 0 Å². The molecule has 0 N–H and O–H groups in total. The molecule has 1 atom stereocenters. The molecule has 5 heteroatoms. The number of thioether (sulfide) groups is 1. The predicted molar refractivity (Wildman–Crippen MR) is 71.2 cm³/mol. The van der Waals surface area contributed by atoms with Gasteiger partial charge in [-0.1, -0.05) is 0 Å². The Kier molecular flexibility index (Phi) is 6.16. The van der Waals surface area contributed by atoms with Crippen LogP contribution in [0.2, 0.25) is 0 Å². The lowest BCUT2D eigenvalue weighted by Gasteiger charge is -2.29. The van der Waals surface area contributed by atoms with Gasteiger partial charge in [0.25, 0.3) is 0 Å². The van der Waals surface area contributed by atoms with Crippen molar-refractivity contribution in [3.05, 3.63) is 0 Å². The lowest BCUT2D eigenvalue weighted by Crippen LogP contribution is -2.37. The van der Waals surface area contributed by atoms with Gasteiger partial charge in [0.1, 0.15) is 5.40 Å². The molecule has 1 aliphatic heterocycles. The molecule has 90 valence electrons. The third-order valence-corrected chi connectivity index (χ3v) is 4.31. The molecule has 0 aromatic heterocycles. The summed E-state index contributed by atoms with van der Waals surface area (Å²) in [7, 11) is 2.77. The van der Waals surface area contributed by atoms with E-state index in [2.05, 4.69) is 14.6 Å². The molecule has 1 unspecified atom stereocenters. The fourth-order valence-electron chi connectivity index (χ4n) is 1.46. The summed E-state index contributed by atoms with van der Waals surface area (Å²) < 4.78 is 0. The molecule has 0 bridgehead atoms. The molecule has 1 aliphatic carbocycles. The van der Waals surface area contributed by atoms with E-state index in [0.29, 0.717) is 5.25 Å². The summed E-state index contributed by atoms with van der Waals surface area (Å²) >= 11 is 1.33. The first-order chi connectivity index (χ1) is 7.63. The standard InChI is InChI=1S/C8H12N2OS.C3H7P/c1-7(11)10-4-2-8(3-5-10)12-6-9;4-3-1-2-3/h8H,2-5H2,1H3;3H,1-2,4H2. The van der Waals surface area contributed by atoms with E-state index in [1.807, 2.05) is 4.90 Å². The lowest BCUT2D eigenvalue weighted by molar-refractivity contribution is -0.129. The second kappa shape index (κ2) is 7.14. The number of rotatable bonds is 1. The van der Waals surface area contributed by atoms with E-state index >= 15 is 0 Å². The number of thiocyanates is 1. The van der Waals surface area contributed by atoms with Crippen LogP contribution in [0, 0.1) is 10.7 Å². The van der Waals surface area contributed by atoms with Crippen LogP contribution in [-0.4, -0.2) is 34.8 Å². The Morgan fingerprint density at radius 3 is 2.19 bits per heavy atom. The molecular weight excluding hydrogens is 239 g/mol. The van der Waals surface area contributed by atoms with Crippen molar-refractivity contribution in [2.75, 3.05) is 13.1 Å². The lowest BCUT2D eigenvalue weighted by atomic mass is 10.1. The number of carbonyl (C=O) groups is 1. The monoisotopic (exact) mass is 258 g/mol. The van der Waals surface area contributed by atoms with Crippen molar-refractivity contribution in [2.45, 2.75) is 43.5 Å². The van der Waals surface area contributed by atoms with Crippen LogP contribution in [0.15, 0.2) is 0 Å². The van der Waals surface area contributed by atoms with Gasteiger partial charge in [-0.25, -0.2) is 0 Å². The van der Waals surface area contributed by atoms with Gasteiger partial charge in [0.2, 0.25) is 5.91 Å². The summed E-state index contributed by atoms with van der Waals surface area (Å²) in [6.45, 7) is 3.22. The number of nitriles is 1. The number of hydrogen-bond donors (Lipinski definition) is 0. The fraction of sp³-hybridized carbons (Fsp3) is 0.818. The zero-order valence-corrected chi connectivity index (χ0v) is 11.7. The predicted octanol–water partition coefficient (Wildman–Crippen LogP) is 2.24. The summed E-state index contributed by atoms with van der Waals surface area (Å²) in [5.41, 5.74) is 1.00. The molecule has 1 saturated carbocycles. The van der Waals surface area contributed by atoms with E-state index in [1.165, 1.54) is 24.6 Å². The van der Waals surface area contributed by atoms with E-state index in [0.717, 1.165) is 31.6 Å². The minimum absolute atomic E-state index is 0.149. The Bertz CT molecular complexity index is 268. The Morgan fingerprint density at radius 1 is 1.38 bits per heavy atom. The van der Waals surface area contributed by atoms with Crippen molar-refractivity contribution in [3.63, 3.8) is 0 Å². The molecule has 2 aliphatic rings. The van der Waals surface area contributed by atoms with Gasteiger partial charge in [-0.3, -0.25) is 4.79 Å². The number of piperidine rings is 1. The van der Waals surface area contributed by atoms with Crippen molar-refractivity contribution >= 4 is 26.9 Å². The van der Waals surface area contributed by atoms with Crippen molar-refractivity contribution in [1.82, 2.24) is 4.90 Å². The first-order valence-corrected chi connectivity index (χ1v) is 7.24. The minimum Gasteiger partial charge on any atom is -0.343 e. The quantitative estimate of drug-likeness (QED) is 0.535. The van der Waals surface area contributed by atoms with E-state index in [9.17, 15) is 4.79 Å². The van der Waals surface area contributed by atoms with Gasteiger partial charge in [-0.15, -0.1) is 9.24 Å². The van der Waals surface area contributed by atoms with Crippen LogP contribution < -0.4 is 0 Å². The number of likely N-dealkylation sites (tertiary alicyclic amines) is 1. The van der Waals surface area contributed by atoms with E-state index in [1.54, 1.807) is 6.92 Å². The number of hydrogen-bond acceptors (Lipinski definition) is 3. The van der Waals surface area contributed by atoms with Crippen molar-refractivity contribution in [3.8, 4) is 5.40 Å². The third kappa shape index (κ3) is 5.72. The topological polar surface area (TPSA) is 44.1 Å². The van der Waals surface area contributed by atoms with Gasteiger partial charge in [0, 0.05) is 25.3 Å². The van der Waals surface area contributed by atoms with Crippen LogP contribution in [-0.2, 0) is 4.79 Å². The molecule has 2 rings (SSSR count). The van der Waals surface area contributed by atoms with Crippen LogP contribution in [0.1, 0.15) is 32.6 Å². The minimum atomic E-state index is 0.149. The summed E-state index contributed by atoms with van der Waals surface area (Å²) in [6, 6.07) is 0. The molecule has 2 fully saturated rings. The molecule has 0 aromatic rings. The van der Waals surface area contributed by atoms with Crippen LogP contribution in [0.4, 0.5) is 0 Å². The molecule has 0 spiro atoms. The van der Waals surface area contributed by atoms with Crippen molar-refractivity contribution < 1.29 is 4.79 Å². The van der Waals surface area contributed by atoms with Gasteiger partial charge in [0.15, 0.2) is 0 Å². The van der Waals surface area contributed by atoms with E-state index in [-0.39, 0.29) is 5.91 Å². The van der Waals surface area contributed by atoms with Crippen LogP contribution in [0.3, 0.4) is 0 Å². The molecule has 1 amide bonds. The van der Waals surface area contributed by atoms with Gasteiger partial charge >= 0.3 is 0 Å². The maximum Gasteiger partial charge on any atom is 0.219 e. The average molecular weight is 258 g/mol. The van der Waals surface area contributed by atoms with Crippen molar-refractivity contribution in [1.29, 1.82) is 5.26 Å². The van der Waals surface area contributed by atoms with E-state index in [4.69, 9.17) is 5.26 Å². The van der Waals surface area contributed by atoms with Crippen LogP contribution in [0.5, 0.6) is 0 Å². The molecule has 3 nitrogen and oxygen atoms in total. The van der Waals surface area contributed by atoms with Crippen LogP contribution >= 0.6 is 21.0 Å². The highest BCUT2D eigenvalue weighted by Gasteiger charge is 2.20. The van der Waals surface area contributed by atoms with Gasteiger partial charge < -0.3 is 4.90 Å². The Balaban J connectivity index is 0.000000267. The number of carbonyl (C=O) groups excluding carboxylic acids is 1. The Morgan fingerprint density at radius 2 is 1.88 bits per heavy atom. The summed E-state index contributed by atoms with van der Waals surface area (Å²) in [4.78, 5) is 12.8. The van der Waals surface area contributed by atoms with Crippen LogP contribution in [0.25, 0.3) is 0 Å². The Labute approximate surface area is 104 Å². The highest BCUT2D eigenvalue weighted by atomic mass is 32.2. The molecule has 1 saturated heterocycles. The molecule has 0 radical (unpaired) electrons. The second-order valence-corrected chi connectivity index (χ2v) is 6.28. The molecular formula is C11H19N2OPS. The van der Waals surface area contributed by atoms with Gasteiger partial charge in [-0.05, 0) is 43.1 Å². The Hall–Kier alpha value is -0.260. The van der Waals surface area contributed by atoms with Gasteiger partial charge in [0.05, 0.1) is 0 Å². The first-order valence-electron chi connectivity index (χ1n) is 5.69.